The van der Waals surface area contributed by atoms with Gasteiger partial charge in [-0.3, -0.25) is 14.9 Å². The Hall–Kier alpha value is -4.03. The van der Waals surface area contributed by atoms with E-state index in [0.717, 1.165) is 15.6 Å². The van der Waals surface area contributed by atoms with E-state index in [1.807, 2.05) is 48.0 Å². The molecule has 0 fully saturated rings. The van der Waals surface area contributed by atoms with Crippen LogP contribution in [0.25, 0.3) is 11.4 Å². The maximum Gasteiger partial charge on any atom is 0.269 e. The van der Waals surface area contributed by atoms with Crippen molar-refractivity contribution in [2.45, 2.75) is 11.8 Å². The molecule has 1 heterocycles. The number of non-ortho nitro benzene ring substituents is 1. The number of nitro benzene ring substituents is 1. The van der Waals surface area contributed by atoms with E-state index in [-0.39, 0.29) is 24.0 Å². The summed E-state index contributed by atoms with van der Waals surface area (Å²) in [5, 5.41) is 23.9. The fourth-order valence-corrected chi connectivity index (χ4v) is 4.19. The number of hydrogen-bond acceptors (Lipinski definition) is 8. The molecular formula is C25H21BrN6O4S. The molecule has 0 aliphatic heterocycles. The van der Waals surface area contributed by atoms with Crippen molar-refractivity contribution in [1.29, 1.82) is 0 Å². The molecule has 10 nitrogen and oxygen atoms in total. The number of aromatic nitrogens is 3. The highest BCUT2D eigenvalue weighted by atomic mass is 79.9. The molecule has 0 unspecified atom stereocenters. The largest absolute Gasteiger partial charge is 0.488 e. The minimum atomic E-state index is -0.447. The molecular weight excluding hydrogens is 560 g/mol. The molecule has 0 saturated heterocycles. The van der Waals surface area contributed by atoms with Crippen molar-refractivity contribution in [1.82, 2.24) is 20.2 Å². The fourth-order valence-electron chi connectivity index (χ4n) is 3.22. The number of nitro groups is 1. The zero-order chi connectivity index (χ0) is 26.2. The predicted molar refractivity (Wildman–Crippen MR) is 144 cm³/mol. The summed E-state index contributed by atoms with van der Waals surface area (Å²) >= 11 is 4.68. The highest BCUT2D eigenvalue weighted by Crippen LogP contribution is 2.24. The van der Waals surface area contributed by atoms with Crippen molar-refractivity contribution in [2.75, 3.05) is 5.75 Å². The van der Waals surface area contributed by atoms with Gasteiger partial charge in [0.15, 0.2) is 11.0 Å². The molecule has 3 aromatic carbocycles. The Balaban J connectivity index is 1.30. The van der Waals surface area contributed by atoms with E-state index < -0.39 is 4.92 Å². The molecule has 1 amide bonds. The van der Waals surface area contributed by atoms with Crippen LogP contribution in [0.2, 0.25) is 0 Å². The van der Waals surface area contributed by atoms with Crippen molar-refractivity contribution < 1.29 is 14.5 Å². The van der Waals surface area contributed by atoms with Crippen LogP contribution in [0.4, 0.5) is 5.69 Å². The number of rotatable bonds is 10. The summed E-state index contributed by atoms with van der Waals surface area (Å²) in [6.07, 6.45) is 1.50. The molecule has 0 radical (unpaired) electrons. The Morgan fingerprint density at radius 1 is 1.14 bits per heavy atom. The number of hydrogen-bond donors (Lipinski definition) is 1. The Morgan fingerprint density at radius 2 is 1.86 bits per heavy atom. The first kappa shape index (κ1) is 26.0. The van der Waals surface area contributed by atoms with E-state index in [0.29, 0.717) is 22.3 Å². The van der Waals surface area contributed by atoms with Crippen molar-refractivity contribution in [3.8, 4) is 17.1 Å². The summed E-state index contributed by atoms with van der Waals surface area (Å²) in [5.41, 5.74) is 4.92. The van der Waals surface area contributed by atoms with E-state index in [1.165, 1.54) is 30.1 Å². The smallest absolute Gasteiger partial charge is 0.269 e. The van der Waals surface area contributed by atoms with Crippen LogP contribution < -0.4 is 10.2 Å². The summed E-state index contributed by atoms with van der Waals surface area (Å²) < 4.78 is 8.66. The summed E-state index contributed by atoms with van der Waals surface area (Å²) in [6, 6.07) is 21.1. The SMILES string of the molecule is Cn1c(SCC(=O)NN=Cc2ccccc2OCc2ccc([N+](=O)[O-])cc2)nnc1-c1ccc(Br)cc1. The molecule has 1 N–H and O–H groups in total. The molecule has 0 bridgehead atoms. The average Bonchev–Trinajstić information content (AvgIpc) is 3.27. The predicted octanol–water partition coefficient (Wildman–Crippen LogP) is 4.97. The van der Waals surface area contributed by atoms with Gasteiger partial charge in [-0.2, -0.15) is 5.10 Å². The molecule has 188 valence electrons. The number of thioether (sulfide) groups is 1. The van der Waals surface area contributed by atoms with Crippen LogP contribution in [0.15, 0.2) is 87.5 Å². The van der Waals surface area contributed by atoms with Crippen LogP contribution in [-0.4, -0.2) is 37.6 Å². The number of carbonyl (C=O) groups is 1. The lowest BCUT2D eigenvalue weighted by Crippen LogP contribution is -2.20. The first-order valence-electron chi connectivity index (χ1n) is 11.0. The zero-order valence-corrected chi connectivity index (χ0v) is 22.0. The number of benzene rings is 3. The number of halogens is 1. The van der Waals surface area contributed by atoms with Crippen molar-refractivity contribution in [3.05, 3.63) is 98.5 Å². The van der Waals surface area contributed by atoms with E-state index in [9.17, 15) is 14.9 Å². The summed E-state index contributed by atoms with van der Waals surface area (Å²) in [5.74, 6) is 1.09. The number of amides is 1. The summed E-state index contributed by atoms with van der Waals surface area (Å²) in [6.45, 7) is 0.228. The zero-order valence-electron chi connectivity index (χ0n) is 19.6. The number of nitrogens with one attached hydrogen (secondary N) is 1. The number of nitrogens with zero attached hydrogens (tertiary/aromatic N) is 5. The number of para-hydroxylation sites is 1. The van der Waals surface area contributed by atoms with Crippen LogP contribution in [0, 0.1) is 10.1 Å². The third kappa shape index (κ3) is 7.02. The third-order valence-corrected chi connectivity index (χ3v) is 6.67. The van der Waals surface area contributed by atoms with Gasteiger partial charge in [-0.05, 0) is 42.0 Å². The standard InChI is InChI=1S/C25H21BrN6O4S/c1-31-24(18-8-10-20(26)11-9-18)29-30-25(31)37-16-23(33)28-27-14-19-4-2-3-5-22(19)36-15-17-6-12-21(13-7-17)32(34)35/h2-14H,15-16H2,1H3,(H,28,33). The molecule has 4 aromatic rings. The quantitative estimate of drug-likeness (QED) is 0.121. The second-order valence-electron chi connectivity index (χ2n) is 7.70. The molecule has 0 aliphatic carbocycles. The van der Waals surface area contributed by atoms with Crippen LogP contribution in [0.1, 0.15) is 11.1 Å². The highest BCUT2D eigenvalue weighted by Gasteiger charge is 2.13. The first-order valence-corrected chi connectivity index (χ1v) is 12.7. The van der Waals surface area contributed by atoms with Crippen molar-refractivity contribution >= 4 is 45.5 Å². The maximum atomic E-state index is 12.3. The number of ether oxygens (including phenoxy) is 1. The van der Waals surface area contributed by atoms with Crippen molar-refractivity contribution in [3.63, 3.8) is 0 Å². The van der Waals surface area contributed by atoms with Gasteiger partial charge in [0.2, 0.25) is 0 Å². The van der Waals surface area contributed by atoms with Gasteiger partial charge < -0.3 is 9.30 Å². The van der Waals surface area contributed by atoms with E-state index in [1.54, 1.807) is 24.3 Å². The van der Waals surface area contributed by atoms with Gasteiger partial charge in [-0.15, -0.1) is 10.2 Å². The molecule has 0 aliphatic rings. The first-order chi connectivity index (χ1) is 17.9. The topological polar surface area (TPSA) is 125 Å². The number of carbonyl (C=O) groups excluding carboxylic acids is 1. The second-order valence-corrected chi connectivity index (χ2v) is 9.56. The Bertz CT molecular complexity index is 1420. The number of hydrazone groups is 1. The summed E-state index contributed by atoms with van der Waals surface area (Å²) in [4.78, 5) is 22.7. The lowest BCUT2D eigenvalue weighted by molar-refractivity contribution is -0.384. The van der Waals surface area contributed by atoms with Gasteiger partial charge in [0.05, 0.1) is 16.9 Å². The van der Waals surface area contributed by atoms with Crippen LogP contribution in [0.3, 0.4) is 0 Å². The molecule has 4 rings (SSSR count). The third-order valence-electron chi connectivity index (χ3n) is 5.12. The van der Waals surface area contributed by atoms with Crippen LogP contribution in [0.5, 0.6) is 5.75 Å². The van der Waals surface area contributed by atoms with E-state index in [2.05, 4.69) is 36.7 Å². The molecule has 37 heavy (non-hydrogen) atoms. The highest BCUT2D eigenvalue weighted by molar-refractivity contribution is 9.10. The van der Waals surface area contributed by atoms with Gasteiger partial charge in [-0.1, -0.05) is 52.0 Å². The maximum absolute atomic E-state index is 12.3. The van der Waals surface area contributed by atoms with Gasteiger partial charge in [0.25, 0.3) is 11.6 Å². The Labute approximate surface area is 225 Å². The Kier molecular flexibility index (Phi) is 8.64. The normalized spacial score (nSPS) is 11.0. The monoisotopic (exact) mass is 580 g/mol. The van der Waals surface area contributed by atoms with Crippen molar-refractivity contribution in [2.24, 2.45) is 12.1 Å². The molecule has 0 spiro atoms. The van der Waals surface area contributed by atoms with Gasteiger partial charge >= 0.3 is 0 Å². The van der Waals surface area contributed by atoms with Gasteiger partial charge in [0, 0.05) is 34.8 Å². The van der Waals surface area contributed by atoms with Crippen LogP contribution in [-0.2, 0) is 18.4 Å². The second kappa shape index (κ2) is 12.3. The molecule has 0 saturated carbocycles. The van der Waals surface area contributed by atoms with E-state index >= 15 is 0 Å². The lowest BCUT2D eigenvalue weighted by Gasteiger charge is -2.09. The molecule has 12 heteroatoms. The van der Waals surface area contributed by atoms with Gasteiger partial charge in [-0.25, -0.2) is 5.43 Å². The van der Waals surface area contributed by atoms with Crippen LogP contribution >= 0.6 is 27.7 Å². The minimum Gasteiger partial charge on any atom is -0.488 e. The Morgan fingerprint density at radius 3 is 2.59 bits per heavy atom. The fraction of sp³-hybridized carbons (Fsp3) is 0.120. The minimum absolute atomic E-state index is 0.0226. The average molecular weight is 581 g/mol. The molecule has 1 aromatic heterocycles. The van der Waals surface area contributed by atoms with E-state index in [4.69, 9.17) is 4.74 Å². The molecule has 0 atom stereocenters. The van der Waals surface area contributed by atoms with Gasteiger partial charge in [0.1, 0.15) is 12.4 Å². The summed E-state index contributed by atoms with van der Waals surface area (Å²) in [7, 11) is 1.85. The lowest BCUT2D eigenvalue weighted by atomic mass is 10.2.